The van der Waals surface area contributed by atoms with E-state index >= 15 is 0 Å². The molecule has 0 saturated carbocycles. The van der Waals surface area contributed by atoms with Crippen LogP contribution >= 0.6 is 11.8 Å². The van der Waals surface area contributed by atoms with E-state index in [0.29, 0.717) is 6.61 Å². The number of ether oxygens (including phenoxy) is 1. The van der Waals surface area contributed by atoms with Crippen molar-refractivity contribution < 1.29 is 14.3 Å². The highest BCUT2D eigenvalue weighted by atomic mass is 32.2. The van der Waals surface area contributed by atoms with Gasteiger partial charge < -0.3 is 4.74 Å². The number of benzene rings is 6. The summed E-state index contributed by atoms with van der Waals surface area (Å²) in [6.07, 6.45) is 3.24. The fourth-order valence-electron chi connectivity index (χ4n) is 5.24. The maximum Gasteiger partial charge on any atom is 0.373 e. The Hall–Kier alpha value is -4.89. The molecule has 0 aliphatic heterocycles. The third kappa shape index (κ3) is 6.70. The van der Waals surface area contributed by atoms with E-state index in [9.17, 15) is 0 Å². The Morgan fingerprint density at radius 1 is 0.619 bits per heavy atom. The molecule has 0 bridgehead atoms. The van der Waals surface area contributed by atoms with Crippen molar-refractivity contribution in [2.45, 2.75) is 17.9 Å². The lowest BCUT2D eigenvalue weighted by Crippen LogP contribution is -2.01. The Bertz CT molecular complexity index is 1780. The number of fused-ring (bicyclic) bond motifs is 1. The predicted octanol–water partition coefficient (Wildman–Crippen LogP) is 9.48. The van der Waals surface area contributed by atoms with E-state index in [1.165, 1.54) is 43.7 Å². The quantitative estimate of drug-likeness (QED) is 0.172. The molecule has 0 heterocycles. The maximum atomic E-state index is 8.12. The molecule has 0 aliphatic rings. The summed E-state index contributed by atoms with van der Waals surface area (Å²) < 4.78 is 6.63. The Morgan fingerprint density at radius 2 is 1.14 bits per heavy atom. The molecule has 0 amide bonds. The normalized spacial score (nSPS) is 10.4. The highest BCUT2D eigenvalue weighted by molar-refractivity contribution is 7.98. The molecule has 0 saturated heterocycles. The van der Waals surface area contributed by atoms with Crippen LogP contribution in [-0.2, 0) is 22.6 Å². The Kier molecular flexibility index (Phi) is 9.64. The molecule has 206 valence electrons. The zero-order valence-corrected chi connectivity index (χ0v) is 24.1. The van der Waals surface area contributed by atoms with Crippen molar-refractivity contribution in [3.8, 4) is 28.0 Å². The average Bonchev–Trinajstić information content (AvgIpc) is 3.05. The van der Waals surface area contributed by atoms with Crippen LogP contribution in [0.1, 0.15) is 16.7 Å². The second-order valence-corrected chi connectivity index (χ2v) is 10.6. The lowest BCUT2D eigenvalue weighted by atomic mass is 9.88. The van der Waals surface area contributed by atoms with Crippen LogP contribution in [0, 0.1) is 0 Å². The molecule has 0 aliphatic carbocycles. The minimum atomic E-state index is 0.250. The van der Waals surface area contributed by atoms with E-state index in [-0.39, 0.29) is 6.15 Å². The van der Waals surface area contributed by atoms with Gasteiger partial charge in [0.05, 0.1) is 0 Å². The van der Waals surface area contributed by atoms with Crippen molar-refractivity contribution in [2.24, 2.45) is 0 Å². The smallest absolute Gasteiger partial charge is 0.373 e. The summed E-state index contributed by atoms with van der Waals surface area (Å²) in [5.74, 6) is 0.921. The number of rotatable bonds is 8. The standard InChI is InChI=1S/C37H30OS.CO2/c1-39-36-25-34-33(24-32(36)29-18-10-4-11-19-29)35(38-26-28-16-8-3-9-17-28)23-31(22-27-14-6-2-7-15-27)37(34)30-20-12-5-13-21-30;2-1-3/h2-21,23-25H,22,26H2,1H3;. The molecule has 4 heteroatoms. The van der Waals surface area contributed by atoms with E-state index < -0.39 is 0 Å². The molecule has 6 aromatic carbocycles. The molecule has 42 heavy (non-hydrogen) atoms. The van der Waals surface area contributed by atoms with Gasteiger partial charge in [0.25, 0.3) is 0 Å². The first kappa shape index (κ1) is 28.6. The van der Waals surface area contributed by atoms with Gasteiger partial charge in [0.2, 0.25) is 0 Å². The molecule has 0 atom stereocenters. The third-order valence-corrected chi connectivity index (χ3v) is 7.90. The largest absolute Gasteiger partial charge is 0.488 e. The van der Waals surface area contributed by atoms with E-state index in [1.807, 2.05) is 6.07 Å². The van der Waals surface area contributed by atoms with Crippen LogP contribution in [0.5, 0.6) is 5.75 Å². The van der Waals surface area contributed by atoms with Crippen molar-refractivity contribution in [3.05, 3.63) is 156 Å². The molecule has 3 nitrogen and oxygen atoms in total. The third-order valence-electron chi connectivity index (χ3n) is 7.12. The monoisotopic (exact) mass is 566 g/mol. The molecular formula is C38H30O3S. The van der Waals surface area contributed by atoms with Gasteiger partial charge >= 0.3 is 6.15 Å². The van der Waals surface area contributed by atoms with E-state index in [1.54, 1.807) is 11.8 Å². The number of hydrogen-bond donors (Lipinski definition) is 0. The van der Waals surface area contributed by atoms with Crippen molar-refractivity contribution in [1.29, 1.82) is 0 Å². The molecule has 0 spiro atoms. The Labute approximate surface area is 250 Å². The molecule has 6 rings (SSSR count). The van der Waals surface area contributed by atoms with Crippen LogP contribution in [0.4, 0.5) is 0 Å². The molecule has 0 N–H and O–H groups in total. The first-order valence-corrected chi connectivity index (χ1v) is 14.9. The Balaban J connectivity index is 0.00000113. The van der Waals surface area contributed by atoms with Crippen LogP contribution in [0.2, 0.25) is 0 Å². The van der Waals surface area contributed by atoms with Gasteiger partial charge in [-0.25, -0.2) is 0 Å². The summed E-state index contributed by atoms with van der Waals surface area (Å²) in [6, 6.07) is 49.5. The highest BCUT2D eigenvalue weighted by Gasteiger charge is 2.18. The van der Waals surface area contributed by atoms with Gasteiger partial charge in [0.15, 0.2) is 0 Å². The second kappa shape index (κ2) is 14.1. The van der Waals surface area contributed by atoms with Gasteiger partial charge in [-0.2, -0.15) is 9.59 Å². The van der Waals surface area contributed by atoms with Crippen molar-refractivity contribution in [2.75, 3.05) is 6.26 Å². The second-order valence-electron chi connectivity index (χ2n) is 9.76. The summed E-state index contributed by atoms with van der Waals surface area (Å²) in [5.41, 5.74) is 8.66. The summed E-state index contributed by atoms with van der Waals surface area (Å²) in [7, 11) is 0. The number of carbonyl (C=O) groups excluding carboxylic acids is 2. The summed E-state index contributed by atoms with van der Waals surface area (Å²) in [4.78, 5) is 17.5. The van der Waals surface area contributed by atoms with Gasteiger partial charge in [0.1, 0.15) is 12.4 Å². The molecule has 0 radical (unpaired) electrons. The fraction of sp³-hybridized carbons (Fsp3) is 0.0789. The molecule has 0 aromatic heterocycles. The van der Waals surface area contributed by atoms with Crippen LogP contribution in [-0.4, -0.2) is 12.4 Å². The van der Waals surface area contributed by atoms with Gasteiger partial charge in [0, 0.05) is 10.3 Å². The van der Waals surface area contributed by atoms with E-state index in [0.717, 1.165) is 23.1 Å². The fourth-order valence-corrected chi connectivity index (χ4v) is 5.87. The first-order chi connectivity index (χ1) is 20.7. The predicted molar refractivity (Wildman–Crippen MR) is 172 cm³/mol. The molecule has 0 fully saturated rings. The summed E-state index contributed by atoms with van der Waals surface area (Å²) >= 11 is 1.79. The van der Waals surface area contributed by atoms with Gasteiger partial charge in [-0.1, -0.05) is 121 Å². The molecule has 6 aromatic rings. The average molecular weight is 567 g/mol. The minimum Gasteiger partial charge on any atom is -0.488 e. The van der Waals surface area contributed by atoms with Crippen molar-refractivity contribution in [3.63, 3.8) is 0 Å². The molecule has 0 unspecified atom stereocenters. The SMILES string of the molecule is CSc1cc2c(-c3ccccc3)c(Cc3ccccc3)cc(OCc3ccccc3)c2cc1-c1ccccc1.O=C=O. The summed E-state index contributed by atoms with van der Waals surface area (Å²) in [6.45, 7) is 0.524. The maximum absolute atomic E-state index is 8.12. The summed E-state index contributed by atoms with van der Waals surface area (Å²) in [5, 5.41) is 2.36. The van der Waals surface area contributed by atoms with Crippen LogP contribution in [0.15, 0.2) is 144 Å². The van der Waals surface area contributed by atoms with Crippen molar-refractivity contribution >= 4 is 28.7 Å². The van der Waals surface area contributed by atoms with Crippen LogP contribution in [0.25, 0.3) is 33.0 Å². The van der Waals surface area contributed by atoms with E-state index in [2.05, 4.69) is 140 Å². The van der Waals surface area contributed by atoms with Crippen LogP contribution < -0.4 is 4.74 Å². The molecular weight excluding hydrogens is 536 g/mol. The lowest BCUT2D eigenvalue weighted by molar-refractivity contribution is -0.191. The first-order valence-electron chi connectivity index (χ1n) is 13.7. The van der Waals surface area contributed by atoms with Gasteiger partial charge in [-0.05, 0) is 75.2 Å². The minimum absolute atomic E-state index is 0.250. The van der Waals surface area contributed by atoms with Gasteiger partial charge in [-0.15, -0.1) is 11.8 Å². The topological polar surface area (TPSA) is 43.4 Å². The zero-order chi connectivity index (χ0) is 29.1. The number of thioether (sulfide) groups is 1. The van der Waals surface area contributed by atoms with Gasteiger partial charge in [-0.3, -0.25) is 0 Å². The lowest BCUT2D eigenvalue weighted by Gasteiger charge is -2.20. The van der Waals surface area contributed by atoms with Crippen LogP contribution in [0.3, 0.4) is 0 Å². The van der Waals surface area contributed by atoms with E-state index in [4.69, 9.17) is 14.3 Å². The highest BCUT2D eigenvalue weighted by Crippen LogP contribution is 2.44. The number of hydrogen-bond acceptors (Lipinski definition) is 4. The Morgan fingerprint density at radius 3 is 1.71 bits per heavy atom. The van der Waals surface area contributed by atoms with Crippen molar-refractivity contribution in [1.82, 2.24) is 0 Å². The zero-order valence-electron chi connectivity index (χ0n) is 23.3.